The van der Waals surface area contributed by atoms with Gasteiger partial charge in [0.05, 0.1) is 23.4 Å². The number of aromatic nitrogens is 1. The number of nitrogens with one attached hydrogen (secondary N) is 1. The summed E-state index contributed by atoms with van der Waals surface area (Å²) in [6.07, 6.45) is 1.53. The quantitative estimate of drug-likeness (QED) is 0.732. The number of anilines is 1. The monoisotopic (exact) mass is 356 g/mol. The molecule has 0 radical (unpaired) electrons. The van der Waals surface area contributed by atoms with Crippen LogP contribution in [0.4, 0.5) is 5.69 Å². The second kappa shape index (κ2) is 6.82. The first-order chi connectivity index (χ1) is 12.0. The minimum atomic E-state index is -3.81. The number of hydrogen-bond acceptors (Lipinski definition) is 5. The Hall–Kier alpha value is -3.06. The fraction of sp³-hybridized carbons (Fsp3) is 0.0556. The maximum absolute atomic E-state index is 12.6. The maximum atomic E-state index is 12.6. The molecular formula is C18H16N2O4S. The Bertz CT molecular complexity index is 986. The lowest BCUT2D eigenvalue weighted by Gasteiger charge is -2.13. The molecule has 2 aromatic carbocycles. The van der Waals surface area contributed by atoms with Crippen LogP contribution in [0.5, 0.6) is 11.5 Å². The molecular weight excluding hydrogens is 340 g/mol. The number of sulfonamides is 1. The lowest BCUT2D eigenvalue weighted by atomic mass is 10.1. The van der Waals surface area contributed by atoms with E-state index in [0.29, 0.717) is 17.0 Å². The van der Waals surface area contributed by atoms with Crippen molar-refractivity contribution in [2.45, 2.75) is 4.90 Å². The zero-order valence-electron chi connectivity index (χ0n) is 13.4. The number of phenolic OH excluding ortho intramolecular Hbond substituents is 1. The van der Waals surface area contributed by atoms with E-state index in [1.165, 1.54) is 31.5 Å². The van der Waals surface area contributed by atoms with Crippen molar-refractivity contribution in [3.63, 3.8) is 0 Å². The van der Waals surface area contributed by atoms with Gasteiger partial charge in [0.2, 0.25) is 0 Å². The first-order valence-corrected chi connectivity index (χ1v) is 8.90. The highest BCUT2D eigenvalue weighted by molar-refractivity contribution is 7.92. The molecule has 6 nitrogen and oxygen atoms in total. The summed E-state index contributed by atoms with van der Waals surface area (Å²) in [5.41, 5.74) is 1.06. The molecule has 0 bridgehead atoms. The molecule has 25 heavy (non-hydrogen) atoms. The third kappa shape index (κ3) is 3.56. The first-order valence-electron chi connectivity index (χ1n) is 7.41. The Labute approximate surface area is 145 Å². The van der Waals surface area contributed by atoms with Crippen molar-refractivity contribution in [3.05, 3.63) is 66.9 Å². The van der Waals surface area contributed by atoms with Crippen LogP contribution in [0.25, 0.3) is 11.3 Å². The molecule has 2 N–H and O–H groups in total. The predicted octanol–water partition coefficient (Wildman–Crippen LogP) is 3.26. The van der Waals surface area contributed by atoms with Crippen LogP contribution in [0, 0.1) is 0 Å². The summed E-state index contributed by atoms with van der Waals surface area (Å²) in [5.74, 6) is 0.585. The van der Waals surface area contributed by atoms with Gasteiger partial charge in [-0.25, -0.2) is 8.42 Å². The fourth-order valence-electron chi connectivity index (χ4n) is 2.33. The van der Waals surface area contributed by atoms with Crippen LogP contribution in [-0.4, -0.2) is 25.6 Å². The first kappa shape index (κ1) is 16.8. The Morgan fingerprint density at radius 3 is 2.40 bits per heavy atom. The molecule has 3 aromatic rings. The van der Waals surface area contributed by atoms with Crippen LogP contribution in [0.3, 0.4) is 0 Å². The maximum Gasteiger partial charge on any atom is 0.261 e. The number of rotatable bonds is 5. The van der Waals surface area contributed by atoms with E-state index in [-0.39, 0.29) is 16.3 Å². The van der Waals surface area contributed by atoms with E-state index in [1.54, 1.807) is 42.5 Å². The molecule has 0 aliphatic rings. The number of methoxy groups -OCH3 is 1. The second-order valence-electron chi connectivity index (χ2n) is 5.20. The highest BCUT2D eigenvalue weighted by atomic mass is 32.2. The molecule has 3 rings (SSSR count). The van der Waals surface area contributed by atoms with E-state index in [4.69, 9.17) is 4.74 Å². The zero-order valence-corrected chi connectivity index (χ0v) is 14.2. The summed E-state index contributed by atoms with van der Waals surface area (Å²) in [5, 5.41) is 10.0. The van der Waals surface area contributed by atoms with Crippen LogP contribution in [-0.2, 0) is 10.0 Å². The van der Waals surface area contributed by atoms with Gasteiger partial charge in [0.25, 0.3) is 10.0 Å². The van der Waals surface area contributed by atoms with Gasteiger partial charge in [0.1, 0.15) is 11.5 Å². The third-order valence-electron chi connectivity index (χ3n) is 3.58. The smallest absolute Gasteiger partial charge is 0.261 e. The summed E-state index contributed by atoms with van der Waals surface area (Å²) < 4.78 is 32.8. The number of hydrogen-bond donors (Lipinski definition) is 2. The predicted molar refractivity (Wildman–Crippen MR) is 95.1 cm³/mol. The number of para-hydroxylation sites is 1. The molecule has 0 saturated heterocycles. The van der Waals surface area contributed by atoms with Gasteiger partial charge in [0, 0.05) is 11.8 Å². The standard InChI is InChI=1S/C18H16N2O4S/c1-24-13-8-10-14(11-9-13)25(22,23)20-16-6-4-12-19-18(16)15-5-2-3-7-17(15)21/h2-12,20-21H,1H3. The minimum Gasteiger partial charge on any atom is -0.507 e. The lowest BCUT2D eigenvalue weighted by Crippen LogP contribution is -2.14. The summed E-state index contributed by atoms with van der Waals surface area (Å²) in [4.78, 5) is 4.31. The molecule has 0 amide bonds. The van der Waals surface area contributed by atoms with E-state index < -0.39 is 10.0 Å². The average Bonchev–Trinajstić information content (AvgIpc) is 2.63. The average molecular weight is 356 g/mol. The molecule has 0 aliphatic carbocycles. The Balaban J connectivity index is 1.99. The second-order valence-corrected chi connectivity index (χ2v) is 6.88. The number of aromatic hydroxyl groups is 1. The van der Waals surface area contributed by atoms with Crippen molar-refractivity contribution >= 4 is 15.7 Å². The van der Waals surface area contributed by atoms with Crippen molar-refractivity contribution in [1.82, 2.24) is 4.98 Å². The van der Waals surface area contributed by atoms with E-state index in [2.05, 4.69) is 9.71 Å². The normalized spacial score (nSPS) is 11.1. The van der Waals surface area contributed by atoms with Crippen LogP contribution in [0.2, 0.25) is 0 Å². The van der Waals surface area contributed by atoms with Crippen LogP contribution in [0.15, 0.2) is 71.8 Å². The molecule has 128 valence electrons. The number of benzene rings is 2. The van der Waals surface area contributed by atoms with E-state index in [9.17, 15) is 13.5 Å². The highest BCUT2D eigenvalue weighted by Gasteiger charge is 2.18. The SMILES string of the molecule is COc1ccc(S(=O)(=O)Nc2cccnc2-c2ccccc2O)cc1. The van der Waals surface area contributed by atoms with Gasteiger partial charge in [-0.1, -0.05) is 12.1 Å². The molecule has 1 heterocycles. The van der Waals surface area contributed by atoms with Crippen molar-refractivity contribution in [1.29, 1.82) is 0 Å². The molecule has 7 heteroatoms. The number of nitrogens with zero attached hydrogens (tertiary/aromatic N) is 1. The molecule has 0 unspecified atom stereocenters. The Morgan fingerprint density at radius 2 is 1.72 bits per heavy atom. The number of pyridine rings is 1. The van der Waals surface area contributed by atoms with Gasteiger partial charge in [0.15, 0.2) is 0 Å². The van der Waals surface area contributed by atoms with Gasteiger partial charge in [-0.15, -0.1) is 0 Å². The van der Waals surface area contributed by atoms with Crippen molar-refractivity contribution < 1.29 is 18.3 Å². The zero-order chi connectivity index (χ0) is 17.9. The van der Waals surface area contributed by atoms with Crippen molar-refractivity contribution in [3.8, 4) is 22.8 Å². The minimum absolute atomic E-state index is 0.0195. The van der Waals surface area contributed by atoms with Crippen LogP contribution in [0.1, 0.15) is 0 Å². The summed E-state index contributed by atoms with van der Waals surface area (Å²) >= 11 is 0. The fourth-order valence-corrected chi connectivity index (χ4v) is 3.40. The summed E-state index contributed by atoms with van der Waals surface area (Å²) in [7, 11) is -2.30. The molecule has 0 spiro atoms. The number of phenols is 1. The summed E-state index contributed by atoms with van der Waals surface area (Å²) in [6, 6.07) is 15.9. The molecule has 1 aromatic heterocycles. The van der Waals surface area contributed by atoms with Gasteiger partial charge in [-0.05, 0) is 48.5 Å². The van der Waals surface area contributed by atoms with E-state index in [0.717, 1.165) is 0 Å². The van der Waals surface area contributed by atoms with Gasteiger partial charge >= 0.3 is 0 Å². The molecule has 0 aliphatic heterocycles. The van der Waals surface area contributed by atoms with Crippen LogP contribution >= 0.6 is 0 Å². The number of ether oxygens (including phenoxy) is 1. The Morgan fingerprint density at radius 1 is 1.00 bits per heavy atom. The molecule has 0 saturated carbocycles. The van der Waals surface area contributed by atoms with E-state index >= 15 is 0 Å². The van der Waals surface area contributed by atoms with Crippen LogP contribution < -0.4 is 9.46 Å². The van der Waals surface area contributed by atoms with Gasteiger partial charge in [-0.2, -0.15) is 0 Å². The largest absolute Gasteiger partial charge is 0.507 e. The van der Waals surface area contributed by atoms with Gasteiger partial charge in [-0.3, -0.25) is 9.71 Å². The molecule has 0 atom stereocenters. The van der Waals surface area contributed by atoms with E-state index in [1.807, 2.05) is 0 Å². The summed E-state index contributed by atoms with van der Waals surface area (Å²) in [6.45, 7) is 0. The van der Waals surface area contributed by atoms with Crippen molar-refractivity contribution in [2.24, 2.45) is 0 Å². The third-order valence-corrected chi connectivity index (χ3v) is 4.96. The highest BCUT2D eigenvalue weighted by Crippen LogP contribution is 2.33. The Kier molecular flexibility index (Phi) is 4.58. The molecule has 0 fully saturated rings. The van der Waals surface area contributed by atoms with Crippen molar-refractivity contribution in [2.75, 3.05) is 11.8 Å². The van der Waals surface area contributed by atoms with Gasteiger partial charge < -0.3 is 9.84 Å². The lowest BCUT2D eigenvalue weighted by molar-refractivity contribution is 0.414. The topological polar surface area (TPSA) is 88.5 Å².